The summed E-state index contributed by atoms with van der Waals surface area (Å²) in [5.74, 6) is -10.9. The van der Waals surface area contributed by atoms with Crippen LogP contribution in [0.3, 0.4) is 0 Å². The molecule has 246 valence electrons. The molecule has 1 aromatic carbocycles. The number of hydrogen-bond donors (Lipinski definition) is 5. The third kappa shape index (κ3) is 6.03. The highest BCUT2D eigenvalue weighted by atomic mass is 16.3. The molecule has 0 radical (unpaired) electrons. The molecule has 0 bridgehead atoms. The largest absolute Gasteiger partial charge is 0.505 e. The van der Waals surface area contributed by atoms with Gasteiger partial charge in [0.25, 0.3) is 0 Å². The van der Waals surface area contributed by atoms with E-state index in [1.807, 2.05) is 6.08 Å². The maximum Gasteiger partial charge on any atom is 0.235 e. The molecule has 1 amide bonds. The Labute approximate surface area is 263 Å². The van der Waals surface area contributed by atoms with E-state index < -0.39 is 70.5 Å². The van der Waals surface area contributed by atoms with Gasteiger partial charge in [0.05, 0.1) is 29.3 Å². The molecule has 0 heterocycles. The number of rotatable bonds is 13. The van der Waals surface area contributed by atoms with Crippen LogP contribution in [-0.4, -0.2) is 102 Å². The summed E-state index contributed by atoms with van der Waals surface area (Å²) in [5.41, 5.74) is 3.86. The fourth-order valence-electron chi connectivity index (χ4n) is 7.54. The Balaban J connectivity index is 1.66. The van der Waals surface area contributed by atoms with E-state index in [2.05, 4.69) is 11.9 Å². The number of primary amides is 1. The van der Waals surface area contributed by atoms with Gasteiger partial charge in [0, 0.05) is 32.2 Å². The first-order valence-corrected chi connectivity index (χ1v) is 15.6. The number of nitrogens with zero attached hydrogens (tertiary/aromatic N) is 2. The Morgan fingerprint density at radius 1 is 1.13 bits per heavy atom. The van der Waals surface area contributed by atoms with Crippen LogP contribution in [0.1, 0.15) is 60.9 Å². The van der Waals surface area contributed by atoms with Crippen molar-refractivity contribution in [1.29, 1.82) is 0 Å². The van der Waals surface area contributed by atoms with Crippen LogP contribution in [-0.2, 0) is 25.6 Å². The molecule has 0 saturated heterocycles. The lowest BCUT2D eigenvalue weighted by molar-refractivity contribution is -0.181. The molecular weight excluding hydrogens is 580 g/mol. The van der Waals surface area contributed by atoms with Gasteiger partial charge < -0.3 is 31.3 Å². The van der Waals surface area contributed by atoms with Crippen molar-refractivity contribution in [2.24, 2.45) is 29.4 Å². The van der Waals surface area contributed by atoms with E-state index in [-0.39, 0.29) is 36.4 Å². The Hall–Kier alpha value is -3.61. The normalized spacial score (nSPS) is 28.3. The second-order valence-corrected chi connectivity index (χ2v) is 13.1. The summed E-state index contributed by atoms with van der Waals surface area (Å²) in [7, 11) is 6.66. The first kappa shape index (κ1) is 34.3. The number of allylic oxidation sites excluding steroid dienone is 1. The topological polar surface area (TPSA) is 191 Å². The van der Waals surface area contributed by atoms with Gasteiger partial charge >= 0.3 is 0 Å². The lowest BCUT2D eigenvalue weighted by Gasteiger charge is -2.52. The average Bonchev–Trinajstić information content (AvgIpc) is 2.95. The molecule has 0 spiro atoms. The van der Waals surface area contributed by atoms with E-state index in [4.69, 9.17) is 5.73 Å². The second-order valence-electron chi connectivity index (χ2n) is 13.1. The Morgan fingerprint density at radius 3 is 2.40 bits per heavy atom. The number of nitrogens with two attached hydrogens (primary N) is 1. The second kappa shape index (κ2) is 13.4. The van der Waals surface area contributed by atoms with Crippen molar-refractivity contribution in [2.75, 3.05) is 45.0 Å². The Bertz CT molecular complexity index is 1390. The van der Waals surface area contributed by atoms with Gasteiger partial charge in [-0.25, -0.2) is 0 Å². The van der Waals surface area contributed by atoms with Gasteiger partial charge in [0.15, 0.2) is 34.7 Å². The first-order valence-electron chi connectivity index (χ1n) is 15.6. The lowest BCUT2D eigenvalue weighted by Crippen LogP contribution is -2.74. The number of benzene rings is 1. The van der Waals surface area contributed by atoms with Crippen LogP contribution in [0, 0.1) is 23.7 Å². The molecule has 2 saturated carbocycles. The molecule has 7 unspecified atom stereocenters. The number of carbonyl (C=O) groups is 5. The number of unbranched alkanes of at least 4 members (excludes halogenated alkanes) is 4. The van der Waals surface area contributed by atoms with Gasteiger partial charge in [0.2, 0.25) is 5.91 Å². The molecule has 7 atom stereocenters. The fraction of sp³-hybridized carbons (Fsp3) is 0.606. The van der Waals surface area contributed by atoms with Crippen molar-refractivity contribution in [3.63, 3.8) is 0 Å². The van der Waals surface area contributed by atoms with Crippen molar-refractivity contribution in [1.82, 2.24) is 4.90 Å². The lowest BCUT2D eigenvalue weighted by atomic mass is 9.52. The molecule has 45 heavy (non-hydrogen) atoms. The van der Waals surface area contributed by atoms with E-state index in [0.717, 1.165) is 32.1 Å². The van der Waals surface area contributed by atoms with Crippen molar-refractivity contribution in [3.8, 4) is 5.75 Å². The van der Waals surface area contributed by atoms with Gasteiger partial charge in [-0.15, -0.1) is 6.58 Å². The third-order valence-corrected chi connectivity index (χ3v) is 9.74. The number of aromatic hydroxyl groups is 1. The number of anilines is 2. The van der Waals surface area contributed by atoms with Gasteiger partial charge in [0.1, 0.15) is 5.75 Å². The van der Waals surface area contributed by atoms with Crippen molar-refractivity contribution in [3.05, 3.63) is 29.8 Å². The standard InChI is InChI=1S/C33H46N4O8/c1-6-7-8-9-10-11-12-18(38)16-35-21-15-22(36(2)3)19-13-17-14-20-26(37(4)5)29(41)25(32(34)44)31(43)33(20,45)30(42)23(17)28(40)24(19)27(21)39/h6,15,17-18,20,23,25-26,35,38-39,45H,1,7-14,16H2,2-5H3,(H2,34,44). The van der Waals surface area contributed by atoms with Crippen LogP contribution in [0.25, 0.3) is 0 Å². The number of phenols is 1. The molecule has 0 aromatic heterocycles. The maximum atomic E-state index is 14.1. The maximum absolute atomic E-state index is 14.1. The van der Waals surface area contributed by atoms with Crippen LogP contribution in [0.4, 0.5) is 11.4 Å². The summed E-state index contributed by atoms with van der Waals surface area (Å²) in [5, 5.41) is 36.8. The zero-order valence-corrected chi connectivity index (χ0v) is 26.5. The van der Waals surface area contributed by atoms with Crippen molar-refractivity contribution >= 4 is 40.4 Å². The average molecular weight is 627 g/mol. The zero-order valence-electron chi connectivity index (χ0n) is 26.5. The van der Waals surface area contributed by atoms with E-state index in [0.29, 0.717) is 17.7 Å². The molecule has 3 aliphatic carbocycles. The molecule has 2 fully saturated rings. The quantitative estimate of drug-likeness (QED) is 0.0916. The Morgan fingerprint density at radius 2 is 1.80 bits per heavy atom. The molecule has 12 heteroatoms. The van der Waals surface area contributed by atoms with Gasteiger partial charge in [-0.05, 0) is 63.7 Å². The Kier molecular flexibility index (Phi) is 10.2. The number of phenolic OH excluding ortho intramolecular Hbond substituents is 1. The number of amides is 1. The molecule has 3 aliphatic rings. The van der Waals surface area contributed by atoms with E-state index in [1.165, 1.54) is 4.90 Å². The molecule has 6 N–H and O–H groups in total. The minimum absolute atomic E-state index is 0.0166. The van der Waals surface area contributed by atoms with Crippen LogP contribution in [0.5, 0.6) is 5.75 Å². The van der Waals surface area contributed by atoms with Crippen LogP contribution in [0.2, 0.25) is 0 Å². The molecule has 0 aliphatic heterocycles. The minimum Gasteiger partial charge on any atom is -0.505 e. The van der Waals surface area contributed by atoms with Gasteiger partial charge in [-0.2, -0.15) is 0 Å². The summed E-state index contributed by atoms with van der Waals surface area (Å²) in [6.07, 6.45) is 6.77. The number of aliphatic hydroxyl groups excluding tert-OH is 1. The van der Waals surface area contributed by atoms with Gasteiger partial charge in [-0.1, -0.05) is 25.3 Å². The number of Topliss-reactive ketones (excluding diaryl/α,β-unsaturated/α-hetero) is 4. The minimum atomic E-state index is -2.78. The number of fused-ring (bicyclic) bond motifs is 3. The van der Waals surface area contributed by atoms with Crippen LogP contribution in [0.15, 0.2) is 18.7 Å². The number of likely N-dealkylation sites (N-methyl/N-ethyl adjacent to an activating group) is 1. The highest BCUT2D eigenvalue weighted by Crippen LogP contribution is 2.52. The summed E-state index contributed by atoms with van der Waals surface area (Å²) in [4.78, 5) is 70.4. The molecular formula is C33H46N4O8. The fourth-order valence-corrected chi connectivity index (χ4v) is 7.54. The predicted molar refractivity (Wildman–Crippen MR) is 168 cm³/mol. The third-order valence-electron chi connectivity index (χ3n) is 9.74. The van der Waals surface area contributed by atoms with E-state index in [1.54, 1.807) is 39.2 Å². The summed E-state index contributed by atoms with van der Waals surface area (Å²) in [6, 6.07) is 0.539. The highest BCUT2D eigenvalue weighted by Gasteiger charge is 2.69. The smallest absolute Gasteiger partial charge is 0.235 e. The predicted octanol–water partition coefficient (Wildman–Crippen LogP) is 1.23. The zero-order chi connectivity index (χ0) is 33.4. The molecule has 1 aromatic rings. The molecule has 4 rings (SSSR count). The van der Waals surface area contributed by atoms with Crippen LogP contribution >= 0.6 is 0 Å². The van der Waals surface area contributed by atoms with E-state index in [9.17, 15) is 39.3 Å². The van der Waals surface area contributed by atoms with E-state index >= 15 is 0 Å². The number of aliphatic hydroxyl groups is 2. The van der Waals surface area contributed by atoms with Crippen molar-refractivity contribution < 1.29 is 39.3 Å². The number of ketones is 4. The van der Waals surface area contributed by atoms with Crippen molar-refractivity contribution in [2.45, 2.75) is 69.1 Å². The summed E-state index contributed by atoms with van der Waals surface area (Å²) >= 11 is 0. The summed E-state index contributed by atoms with van der Waals surface area (Å²) in [6.45, 7) is 3.84. The van der Waals surface area contributed by atoms with Gasteiger partial charge in [-0.3, -0.25) is 28.9 Å². The monoisotopic (exact) mass is 626 g/mol. The first-order chi connectivity index (χ1) is 21.2. The summed E-state index contributed by atoms with van der Waals surface area (Å²) < 4.78 is 0. The number of nitrogens with one attached hydrogen (secondary N) is 1. The highest BCUT2D eigenvalue weighted by molar-refractivity contribution is 6.32. The SMILES string of the molecule is C=CCCCCCCC(O)CNc1cc(N(C)C)c2c(c1O)C(=O)C1C(=O)C3(O)C(=O)C(C(N)=O)C(=O)C(N(C)C)C3CC1C2. The number of hydrogen-bond acceptors (Lipinski definition) is 11. The number of carbonyl (C=O) groups excluding carboxylic acids is 5. The molecule has 12 nitrogen and oxygen atoms in total. The van der Waals surface area contributed by atoms with Crippen LogP contribution < -0.4 is 16.0 Å².